The summed E-state index contributed by atoms with van der Waals surface area (Å²) in [7, 11) is 0. The highest BCUT2D eigenvalue weighted by atomic mass is 15.2. The summed E-state index contributed by atoms with van der Waals surface area (Å²) >= 11 is 0. The Hall–Kier alpha value is -0.340. The molecule has 2 unspecified atom stereocenters. The van der Waals surface area contributed by atoms with Crippen LogP contribution in [0.15, 0.2) is 12.7 Å². The van der Waals surface area contributed by atoms with Gasteiger partial charge in [-0.05, 0) is 12.8 Å². The average Bonchev–Trinajstić information content (AvgIpc) is 2.17. The molecule has 2 nitrogen and oxygen atoms in total. The predicted octanol–water partition coefficient (Wildman–Crippen LogP) is 1.49. The minimum atomic E-state index is 0.517. The van der Waals surface area contributed by atoms with Crippen LogP contribution < -0.4 is 5.32 Å². The molecular formula is C11H22N2. The Morgan fingerprint density at radius 3 is 2.69 bits per heavy atom. The molecule has 0 radical (unpaired) electrons. The van der Waals surface area contributed by atoms with Crippen LogP contribution in [0.25, 0.3) is 0 Å². The Kier molecular flexibility index (Phi) is 3.94. The minimum Gasteiger partial charge on any atom is -0.311 e. The monoisotopic (exact) mass is 182 g/mol. The summed E-state index contributed by atoms with van der Waals surface area (Å²) < 4.78 is 0. The van der Waals surface area contributed by atoms with Crippen LogP contribution in [0.1, 0.15) is 20.8 Å². The lowest BCUT2D eigenvalue weighted by molar-refractivity contribution is 0.155. The van der Waals surface area contributed by atoms with E-state index in [-0.39, 0.29) is 0 Å². The second-order valence-electron chi connectivity index (χ2n) is 4.28. The van der Waals surface area contributed by atoms with Crippen molar-refractivity contribution >= 4 is 0 Å². The lowest BCUT2D eigenvalue weighted by Gasteiger charge is -2.38. The summed E-state index contributed by atoms with van der Waals surface area (Å²) in [5, 5.41) is 3.55. The molecule has 1 fully saturated rings. The van der Waals surface area contributed by atoms with Gasteiger partial charge in [-0.25, -0.2) is 0 Å². The minimum absolute atomic E-state index is 0.517. The van der Waals surface area contributed by atoms with Gasteiger partial charge in [0.05, 0.1) is 0 Å². The number of hydrogen-bond donors (Lipinski definition) is 1. The first-order valence-electron chi connectivity index (χ1n) is 5.25. The zero-order valence-corrected chi connectivity index (χ0v) is 9.09. The van der Waals surface area contributed by atoms with E-state index in [0.717, 1.165) is 25.6 Å². The highest BCUT2D eigenvalue weighted by Crippen LogP contribution is 2.10. The highest BCUT2D eigenvalue weighted by Gasteiger charge is 2.23. The Bertz CT molecular complexity index is 165. The van der Waals surface area contributed by atoms with E-state index in [1.165, 1.54) is 0 Å². The van der Waals surface area contributed by atoms with Crippen molar-refractivity contribution in [1.82, 2.24) is 10.2 Å². The molecule has 1 saturated heterocycles. The molecule has 1 rings (SSSR count). The maximum Gasteiger partial charge on any atom is 0.0248 e. The van der Waals surface area contributed by atoms with Gasteiger partial charge >= 0.3 is 0 Å². The van der Waals surface area contributed by atoms with E-state index in [9.17, 15) is 0 Å². The van der Waals surface area contributed by atoms with Crippen molar-refractivity contribution in [3.8, 4) is 0 Å². The summed E-state index contributed by atoms with van der Waals surface area (Å²) in [6, 6.07) is 1.17. The van der Waals surface area contributed by atoms with E-state index in [1.54, 1.807) is 0 Å². The molecule has 2 heteroatoms. The molecule has 2 atom stereocenters. The van der Waals surface area contributed by atoms with Crippen LogP contribution in [-0.4, -0.2) is 36.6 Å². The number of nitrogens with zero attached hydrogens (tertiary/aromatic N) is 1. The van der Waals surface area contributed by atoms with Gasteiger partial charge in [-0.15, -0.1) is 6.58 Å². The van der Waals surface area contributed by atoms with Gasteiger partial charge < -0.3 is 5.32 Å². The van der Waals surface area contributed by atoms with E-state index in [4.69, 9.17) is 0 Å². The lowest BCUT2D eigenvalue weighted by Crippen LogP contribution is -2.54. The number of nitrogens with one attached hydrogen (secondary N) is 1. The second kappa shape index (κ2) is 4.77. The van der Waals surface area contributed by atoms with Crippen molar-refractivity contribution in [3.63, 3.8) is 0 Å². The summed E-state index contributed by atoms with van der Waals surface area (Å²) in [5.41, 5.74) is 0. The molecule has 0 bridgehead atoms. The Balaban J connectivity index is 2.46. The zero-order chi connectivity index (χ0) is 9.84. The van der Waals surface area contributed by atoms with Crippen LogP contribution in [0, 0.1) is 5.92 Å². The van der Waals surface area contributed by atoms with Gasteiger partial charge in [-0.3, -0.25) is 4.90 Å². The van der Waals surface area contributed by atoms with Crippen molar-refractivity contribution in [2.24, 2.45) is 5.92 Å². The average molecular weight is 182 g/mol. The first kappa shape index (κ1) is 10.7. The molecule has 0 aromatic carbocycles. The standard InChI is InChI=1S/C11H22N2/c1-5-10(4)13-7-6-12-11(8-13)9(2)3/h5,9-12H,1,6-8H2,2-4H3. The van der Waals surface area contributed by atoms with Crippen molar-refractivity contribution in [1.29, 1.82) is 0 Å². The molecule has 0 aliphatic carbocycles. The smallest absolute Gasteiger partial charge is 0.0248 e. The van der Waals surface area contributed by atoms with Gasteiger partial charge in [-0.2, -0.15) is 0 Å². The normalized spacial score (nSPS) is 27.5. The third-order valence-corrected chi connectivity index (χ3v) is 2.96. The van der Waals surface area contributed by atoms with Gasteiger partial charge in [-0.1, -0.05) is 19.9 Å². The van der Waals surface area contributed by atoms with E-state index >= 15 is 0 Å². The van der Waals surface area contributed by atoms with Crippen LogP contribution >= 0.6 is 0 Å². The quantitative estimate of drug-likeness (QED) is 0.665. The molecule has 1 N–H and O–H groups in total. The molecule has 1 aliphatic rings. The molecule has 0 amide bonds. The van der Waals surface area contributed by atoms with Crippen molar-refractivity contribution < 1.29 is 0 Å². The largest absolute Gasteiger partial charge is 0.311 e. The SMILES string of the molecule is C=CC(C)N1CCNC(C(C)C)C1. The fourth-order valence-electron chi connectivity index (χ4n) is 1.77. The maximum absolute atomic E-state index is 3.84. The van der Waals surface area contributed by atoms with Gasteiger partial charge in [0.1, 0.15) is 0 Å². The van der Waals surface area contributed by atoms with Crippen molar-refractivity contribution in [2.45, 2.75) is 32.9 Å². The van der Waals surface area contributed by atoms with Gasteiger partial charge in [0, 0.05) is 31.7 Å². The number of piperazine rings is 1. The number of hydrogen-bond acceptors (Lipinski definition) is 2. The summed E-state index contributed by atoms with van der Waals surface area (Å²) in [6.07, 6.45) is 2.03. The van der Waals surface area contributed by atoms with Crippen LogP contribution in [0.2, 0.25) is 0 Å². The third-order valence-electron chi connectivity index (χ3n) is 2.96. The maximum atomic E-state index is 3.84. The summed E-state index contributed by atoms with van der Waals surface area (Å²) in [5.74, 6) is 0.722. The fraction of sp³-hybridized carbons (Fsp3) is 0.818. The molecule has 1 heterocycles. The predicted molar refractivity (Wildman–Crippen MR) is 57.9 cm³/mol. The lowest BCUT2D eigenvalue weighted by atomic mass is 10.0. The zero-order valence-electron chi connectivity index (χ0n) is 9.09. The van der Waals surface area contributed by atoms with Crippen LogP contribution in [0.4, 0.5) is 0 Å². The van der Waals surface area contributed by atoms with E-state index in [0.29, 0.717) is 12.1 Å². The Morgan fingerprint density at radius 2 is 2.15 bits per heavy atom. The van der Waals surface area contributed by atoms with Crippen molar-refractivity contribution in [2.75, 3.05) is 19.6 Å². The molecule has 0 aromatic rings. The molecule has 0 saturated carbocycles. The Morgan fingerprint density at radius 1 is 1.46 bits per heavy atom. The highest BCUT2D eigenvalue weighted by molar-refractivity contribution is 4.90. The Labute approximate surface area is 82.0 Å². The van der Waals surface area contributed by atoms with E-state index in [2.05, 4.69) is 37.6 Å². The van der Waals surface area contributed by atoms with Crippen molar-refractivity contribution in [3.05, 3.63) is 12.7 Å². The van der Waals surface area contributed by atoms with Crippen LogP contribution in [-0.2, 0) is 0 Å². The second-order valence-corrected chi connectivity index (χ2v) is 4.28. The first-order valence-corrected chi connectivity index (χ1v) is 5.25. The van der Waals surface area contributed by atoms with Gasteiger partial charge in [0.25, 0.3) is 0 Å². The first-order chi connectivity index (χ1) is 6.15. The molecular weight excluding hydrogens is 160 g/mol. The molecule has 0 aromatic heterocycles. The topological polar surface area (TPSA) is 15.3 Å². The van der Waals surface area contributed by atoms with Crippen LogP contribution in [0.3, 0.4) is 0 Å². The summed E-state index contributed by atoms with van der Waals surface area (Å²) in [4.78, 5) is 2.49. The summed E-state index contributed by atoms with van der Waals surface area (Å²) in [6.45, 7) is 14.0. The van der Waals surface area contributed by atoms with E-state index in [1.807, 2.05) is 6.08 Å². The molecule has 0 spiro atoms. The van der Waals surface area contributed by atoms with E-state index < -0.39 is 0 Å². The fourth-order valence-corrected chi connectivity index (χ4v) is 1.77. The molecule has 76 valence electrons. The molecule has 1 aliphatic heterocycles. The van der Waals surface area contributed by atoms with Crippen LogP contribution in [0.5, 0.6) is 0 Å². The van der Waals surface area contributed by atoms with Gasteiger partial charge in [0.15, 0.2) is 0 Å². The van der Waals surface area contributed by atoms with Gasteiger partial charge in [0.2, 0.25) is 0 Å². The number of rotatable bonds is 3. The third kappa shape index (κ3) is 2.82. The molecule has 13 heavy (non-hydrogen) atoms.